The maximum Gasteiger partial charge on any atom is 0.164 e. The van der Waals surface area contributed by atoms with Crippen LogP contribution >= 0.6 is 34.2 Å². The van der Waals surface area contributed by atoms with Crippen molar-refractivity contribution in [2.24, 2.45) is 0 Å². The summed E-state index contributed by atoms with van der Waals surface area (Å²) in [4.78, 5) is 0. The summed E-state index contributed by atoms with van der Waals surface area (Å²) in [5.41, 5.74) is 1.53. The van der Waals surface area contributed by atoms with Crippen LogP contribution in [0.1, 0.15) is 5.56 Å². The van der Waals surface area contributed by atoms with E-state index in [1.165, 1.54) is 9.64 Å². The fourth-order valence-corrected chi connectivity index (χ4v) is 1.97. The van der Waals surface area contributed by atoms with Crippen LogP contribution in [0.4, 0.5) is 10.1 Å². The van der Waals surface area contributed by atoms with Gasteiger partial charge in [-0.3, -0.25) is 0 Å². The summed E-state index contributed by atoms with van der Waals surface area (Å²) in [5.74, 6) is -0.403. The molecule has 17 heavy (non-hydrogen) atoms. The molecule has 0 aliphatic rings. The summed E-state index contributed by atoms with van der Waals surface area (Å²) in [6, 6.07) is 13.0. The third-order valence-electron chi connectivity index (χ3n) is 2.35. The minimum Gasteiger partial charge on any atom is -0.379 e. The van der Waals surface area contributed by atoms with Crippen molar-refractivity contribution < 1.29 is 4.39 Å². The van der Waals surface area contributed by atoms with Gasteiger partial charge in [0.15, 0.2) is 5.82 Å². The van der Waals surface area contributed by atoms with Crippen molar-refractivity contribution in [3.63, 3.8) is 0 Å². The lowest BCUT2D eigenvalue weighted by Crippen LogP contribution is -2.01. The van der Waals surface area contributed by atoms with Gasteiger partial charge in [0.2, 0.25) is 0 Å². The number of nitrogens with one attached hydrogen (secondary N) is 1. The summed E-state index contributed by atoms with van der Waals surface area (Å²) in [6.45, 7) is 0.578. The first-order valence-electron chi connectivity index (χ1n) is 5.09. The summed E-state index contributed by atoms with van der Waals surface area (Å²) < 4.78 is 14.8. The Morgan fingerprint density at radius 2 is 1.82 bits per heavy atom. The van der Waals surface area contributed by atoms with Crippen molar-refractivity contribution in [1.82, 2.24) is 0 Å². The quantitative estimate of drug-likeness (QED) is 0.782. The van der Waals surface area contributed by atoms with Crippen LogP contribution in [0, 0.1) is 9.39 Å². The largest absolute Gasteiger partial charge is 0.379 e. The van der Waals surface area contributed by atoms with Crippen molar-refractivity contribution in [3.8, 4) is 0 Å². The fraction of sp³-hybridized carbons (Fsp3) is 0.0769. The highest BCUT2D eigenvalue weighted by Gasteiger charge is 2.05. The molecule has 2 rings (SSSR count). The van der Waals surface area contributed by atoms with Gasteiger partial charge in [0.05, 0.1) is 10.7 Å². The van der Waals surface area contributed by atoms with E-state index in [0.29, 0.717) is 12.2 Å². The van der Waals surface area contributed by atoms with E-state index >= 15 is 0 Å². The molecule has 0 radical (unpaired) electrons. The molecule has 0 saturated carbocycles. The van der Waals surface area contributed by atoms with E-state index in [-0.39, 0.29) is 5.02 Å². The summed E-state index contributed by atoms with van der Waals surface area (Å²) in [6.07, 6.45) is 0. The number of rotatable bonds is 3. The Labute approximate surface area is 118 Å². The molecule has 0 saturated heterocycles. The van der Waals surface area contributed by atoms with Gasteiger partial charge in [-0.1, -0.05) is 29.8 Å². The predicted molar refractivity (Wildman–Crippen MR) is 77.9 cm³/mol. The lowest BCUT2D eigenvalue weighted by Gasteiger charge is -2.08. The lowest BCUT2D eigenvalue weighted by atomic mass is 10.2. The fourth-order valence-electron chi connectivity index (χ4n) is 1.44. The molecule has 4 heteroatoms. The second-order valence-electron chi connectivity index (χ2n) is 3.58. The van der Waals surface area contributed by atoms with Crippen LogP contribution in [0.5, 0.6) is 0 Å². The molecule has 0 spiro atoms. The predicted octanol–water partition coefficient (Wildman–Crippen LogP) is 4.70. The molecule has 0 unspecified atom stereocenters. The molecule has 0 amide bonds. The average Bonchev–Trinajstić information content (AvgIpc) is 2.33. The summed E-state index contributed by atoms with van der Waals surface area (Å²) >= 11 is 7.95. The molecule has 0 bridgehead atoms. The van der Waals surface area contributed by atoms with Crippen molar-refractivity contribution in [2.45, 2.75) is 6.54 Å². The number of anilines is 1. The van der Waals surface area contributed by atoms with E-state index in [1.54, 1.807) is 12.1 Å². The number of benzene rings is 2. The van der Waals surface area contributed by atoms with Crippen molar-refractivity contribution in [3.05, 3.63) is 62.4 Å². The Morgan fingerprint density at radius 1 is 1.12 bits per heavy atom. The lowest BCUT2D eigenvalue weighted by molar-refractivity contribution is 0.630. The van der Waals surface area contributed by atoms with E-state index in [4.69, 9.17) is 11.6 Å². The highest BCUT2D eigenvalue weighted by Crippen LogP contribution is 2.22. The molecule has 1 N–H and O–H groups in total. The summed E-state index contributed by atoms with van der Waals surface area (Å²) in [7, 11) is 0. The zero-order chi connectivity index (χ0) is 12.3. The molecule has 2 aromatic rings. The van der Waals surface area contributed by atoms with E-state index in [2.05, 4.69) is 27.9 Å². The number of hydrogen-bond acceptors (Lipinski definition) is 1. The van der Waals surface area contributed by atoms with Crippen LogP contribution in [-0.2, 0) is 6.54 Å². The van der Waals surface area contributed by atoms with Gasteiger partial charge in [0.25, 0.3) is 0 Å². The van der Waals surface area contributed by atoms with Gasteiger partial charge in [0, 0.05) is 10.1 Å². The Hall–Kier alpha value is -0.810. The van der Waals surface area contributed by atoms with Crippen LogP contribution in [0.25, 0.3) is 0 Å². The van der Waals surface area contributed by atoms with Crippen LogP contribution in [0.3, 0.4) is 0 Å². The number of halogens is 3. The Kier molecular flexibility index (Phi) is 4.23. The standard InChI is InChI=1S/C13H10ClFIN/c14-11-2-1-3-12(13(11)15)17-8-9-4-6-10(16)7-5-9/h1-7,17H,8H2. The van der Waals surface area contributed by atoms with Crippen LogP contribution in [0.15, 0.2) is 42.5 Å². The van der Waals surface area contributed by atoms with Gasteiger partial charge in [-0.05, 0) is 52.4 Å². The highest BCUT2D eigenvalue weighted by molar-refractivity contribution is 14.1. The number of hydrogen-bond donors (Lipinski definition) is 1. The maximum absolute atomic E-state index is 13.6. The minimum atomic E-state index is -0.403. The van der Waals surface area contributed by atoms with E-state index in [0.717, 1.165) is 5.56 Å². The molecule has 0 aromatic heterocycles. The molecule has 0 aliphatic heterocycles. The SMILES string of the molecule is Fc1c(Cl)cccc1NCc1ccc(I)cc1. The van der Waals surface area contributed by atoms with Gasteiger partial charge < -0.3 is 5.32 Å². The van der Waals surface area contributed by atoms with Crippen molar-refractivity contribution >= 4 is 39.9 Å². The van der Waals surface area contributed by atoms with Gasteiger partial charge in [-0.2, -0.15) is 0 Å². The van der Waals surface area contributed by atoms with Crippen LogP contribution in [0.2, 0.25) is 5.02 Å². The molecular weight excluding hydrogens is 352 g/mol. The molecule has 0 aliphatic carbocycles. The van der Waals surface area contributed by atoms with E-state index in [1.807, 2.05) is 24.3 Å². The van der Waals surface area contributed by atoms with Crippen molar-refractivity contribution in [2.75, 3.05) is 5.32 Å². The molecule has 88 valence electrons. The average molecular weight is 362 g/mol. The molecule has 2 aromatic carbocycles. The monoisotopic (exact) mass is 361 g/mol. The topological polar surface area (TPSA) is 12.0 Å². The highest BCUT2D eigenvalue weighted by atomic mass is 127. The smallest absolute Gasteiger partial charge is 0.164 e. The van der Waals surface area contributed by atoms with Crippen molar-refractivity contribution in [1.29, 1.82) is 0 Å². The minimum absolute atomic E-state index is 0.137. The molecular formula is C13H10ClFIN. The maximum atomic E-state index is 13.6. The molecule has 1 nitrogen and oxygen atoms in total. The van der Waals surface area contributed by atoms with Crippen LogP contribution in [-0.4, -0.2) is 0 Å². The summed E-state index contributed by atoms with van der Waals surface area (Å²) in [5, 5.41) is 3.16. The molecule has 0 atom stereocenters. The molecule has 0 heterocycles. The zero-order valence-electron chi connectivity index (χ0n) is 8.88. The first kappa shape index (κ1) is 12.6. The first-order chi connectivity index (χ1) is 8.16. The van der Waals surface area contributed by atoms with Gasteiger partial charge in [-0.25, -0.2) is 4.39 Å². The van der Waals surface area contributed by atoms with E-state index < -0.39 is 5.82 Å². The van der Waals surface area contributed by atoms with Crippen LogP contribution < -0.4 is 5.32 Å². The van der Waals surface area contributed by atoms with Gasteiger partial charge in [0.1, 0.15) is 0 Å². The van der Waals surface area contributed by atoms with E-state index in [9.17, 15) is 4.39 Å². The third kappa shape index (κ3) is 3.33. The molecule has 0 fully saturated rings. The normalized spacial score (nSPS) is 10.3. The Balaban J connectivity index is 2.07. The second kappa shape index (κ2) is 5.69. The second-order valence-corrected chi connectivity index (χ2v) is 5.23. The van der Waals surface area contributed by atoms with Gasteiger partial charge >= 0.3 is 0 Å². The Morgan fingerprint density at radius 3 is 2.53 bits per heavy atom. The zero-order valence-corrected chi connectivity index (χ0v) is 11.8. The third-order valence-corrected chi connectivity index (χ3v) is 3.36. The van der Waals surface area contributed by atoms with Gasteiger partial charge in [-0.15, -0.1) is 0 Å². The first-order valence-corrected chi connectivity index (χ1v) is 6.55. The Bertz CT molecular complexity index is 513.